The Kier molecular flexibility index (Phi) is 5.80. The van der Waals surface area contributed by atoms with Gasteiger partial charge in [0.25, 0.3) is 5.91 Å². The number of aromatic nitrogens is 2. The number of carbonyl (C=O) groups excluding carboxylic acids is 2. The number of nitrogens with one attached hydrogen (secondary N) is 2. The molecule has 7 nitrogen and oxygen atoms in total. The summed E-state index contributed by atoms with van der Waals surface area (Å²) in [6, 6.07) is 7.19. The summed E-state index contributed by atoms with van der Waals surface area (Å²) in [5.74, 6) is -0.578. The standard InChI is InChI=1S/C18H25N5O2/c1-12-16(13(2)23(5)21-12)9-10-17(24)19-20-18(25)14-7-6-8-15(11-14)22(3)4/h6-8,11H,9-10H2,1-5H3,(H,19,24)(H,20,25). The van der Waals surface area contributed by atoms with Crippen molar-refractivity contribution in [2.24, 2.45) is 7.05 Å². The van der Waals surface area contributed by atoms with E-state index in [1.807, 2.05) is 50.6 Å². The van der Waals surface area contributed by atoms with E-state index in [-0.39, 0.29) is 18.2 Å². The molecule has 2 N–H and O–H groups in total. The monoisotopic (exact) mass is 343 g/mol. The molecule has 0 unspecified atom stereocenters. The lowest BCUT2D eigenvalue weighted by molar-refractivity contribution is -0.121. The molecular weight excluding hydrogens is 318 g/mol. The predicted octanol–water partition coefficient (Wildman–Crippen LogP) is 1.50. The number of anilines is 1. The van der Waals surface area contributed by atoms with Crippen LogP contribution in [0.4, 0.5) is 5.69 Å². The maximum Gasteiger partial charge on any atom is 0.269 e. The van der Waals surface area contributed by atoms with Gasteiger partial charge in [-0.25, -0.2) is 0 Å². The second-order valence-corrected chi connectivity index (χ2v) is 6.22. The predicted molar refractivity (Wildman–Crippen MR) is 97.4 cm³/mol. The number of amides is 2. The number of hydrazine groups is 1. The van der Waals surface area contributed by atoms with Crippen molar-refractivity contribution in [1.82, 2.24) is 20.6 Å². The molecule has 1 heterocycles. The van der Waals surface area contributed by atoms with Gasteiger partial charge in [-0.15, -0.1) is 0 Å². The number of rotatable bonds is 5. The first-order chi connectivity index (χ1) is 11.8. The second kappa shape index (κ2) is 7.83. The van der Waals surface area contributed by atoms with E-state index >= 15 is 0 Å². The molecule has 0 saturated carbocycles. The Morgan fingerprint density at radius 2 is 1.92 bits per heavy atom. The third kappa shape index (κ3) is 4.59. The number of nitrogens with zero attached hydrogens (tertiary/aromatic N) is 3. The molecular formula is C18H25N5O2. The quantitative estimate of drug-likeness (QED) is 0.807. The van der Waals surface area contributed by atoms with Gasteiger partial charge < -0.3 is 4.90 Å². The lowest BCUT2D eigenvalue weighted by atomic mass is 10.1. The number of aryl methyl sites for hydroxylation is 2. The zero-order chi connectivity index (χ0) is 18.6. The summed E-state index contributed by atoms with van der Waals surface area (Å²) in [5.41, 5.74) is 9.38. The fourth-order valence-electron chi connectivity index (χ4n) is 2.60. The van der Waals surface area contributed by atoms with Crippen molar-refractivity contribution in [1.29, 1.82) is 0 Å². The molecule has 0 spiro atoms. The number of benzene rings is 1. The molecule has 2 amide bonds. The highest BCUT2D eigenvalue weighted by molar-refractivity contribution is 5.96. The summed E-state index contributed by atoms with van der Waals surface area (Å²) in [5, 5.41) is 4.34. The average molecular weight is 343 g/mol. The SMILES string of the molecule is Cc1nn(C)c(C)c1CCC(=O)NNC(=O)c1cccc(N(C)C)c1. The zero-order valence-electron chi connectivity index (χ0n) is 15.4. The van der Waals surface area contributed by atoms with Crippen molar-refractivity contribution >= 4 is 17.5 Å². The number of hydrogen-bond acceptors (Lipinski definition) is 4. The highest BCUT2D eigenvalue weighted by atomic mass is 16.2. The average Bonchev–Trinajstić information content (AvgIpc) is 2.83. The van der Waals surface area contributed by atoms with Crippen LogP contribution in [0, 0.1) is 13.8 Å². The minimum absolute atomic E-state index is 0.236. The Morgan fingerprint density at radius 3 is 2.52 bits per heavy atom. The Labute approximate surface area is 148 Å². The van der Waals surface area contributed by atoms with Crippen LogP contribution < -0.4 is 15.8 Å². The van der Waals surface area contributed by atoms with E-state index in [1.54, 1.807) is 18.2 Å². The van der Waals surface area contributed by atoms with Crippen molar-refractivity contribution in [3.63, 3.8) is 0 Å². The van der Waals surface area contributed by atoms with Crippen molar-refractivity contribution in [3.05, 3.63) is 46.8 Å². The fourth-order valence-corrected chi connectivity index (χ4v) is 2.60. The molecule has 1 aromatic carbocycles. The van der Waals surface area contributed by atoms with Gasteiger partial charge in [-0.2, -0.15) is 5.10 Å². The van der Waals surface area contributed by atoms with Crippen LogP contribution in [0.2, 0.25) is 0 Å². The van der Waals surface area contributed by atoms with E-state index < -0.39 is 0 Å². The summed E-state index contributed by atoms with van der Waals surface area (Å²) in [7, 11) is 5.69. The van der Waals surface area contributed by atoms with Gasteiger partial charge in [0.2, 0.25) is 5.91 Å². The van der Waals surface area contributed by atoms with Gasteiger partial charge in [0.15, 0.2) is 0 Å². The van der Waals surface area contributed by atoms with Crippen LogP contribution >= 0.6 is 0 Å². The maximum atomic E-state index is 12.2. The first-order valence-corrected chi connectivity index (χ1v) is 8.15. The zero-order valence-corrected chi connectivity index (χ0v) is 15.4. The highest BCUT2D eigenvalue weighted by Gasteiger charge is 2.12. The first kappa shape index (κ1) is 18.5. The van der Waals surface area contributed by atoms with Crippen LogP contribution in [-0.4, -0.2) is 35.7 Å². The molecule has 0 atom stereocenters. The lowest BCUT2D eigenvalue weighted by Gasteiger charge is -2.13. The summed E-state index contributed by atoms with van der Waals surface area (Å²) in [4.78, 5) is 26.1. The van der Waals surface area contributed by atoms with E-state index in [2.05, 4.69) is 16.0 Å². The largest absolute Gasteiger partial charge is 0.378 e. The molecule has 0 radical (unpaired) electrons. The fraction of sp³-hybridized carbons (Fsp3) is 0.389. The van der Waals surface area contributed by atoms with Crippen molar-refractivity contribution in [3.8, 4) is 0 Å². The molecule has 134 valence electrons. The van der Waals surface area contributed by atoms with Crippen LogP contribution in [0.1, 0.15) is 33.7 Å². The normalized spacial score (nSPS) is 10.4. The van der Waals surface area contributed by atoms with Gasteiger partial charge in [-0.05, 0) is 44.0 Å². The minimum Gasteiger partial charge on any atom is -0.378 e. The molecule has 25 heavy (non-hydrogen) atoms. The lowest BCUT2D eigenvalue weighted by Crippen LogP contribution is -2.41. The minimum atomic E-state index is -0.342. The molecule has 2 rings (SSSR count). The molecule has 0 fully saturated rings. The molecule has 0 aliphatic rings. The number of hydrogen-bond donors (Lipinski definition) is 2. The van der Waals surface area contributed by atoms with E-state index in [4.69, 9.17) is 0 Å². The summed E-state index contributed by atoms with van der Waals surface area (Å²) in [6.07, 6.45) is 0.870. The van der Waals surface area contributed by atoms with Gasteiger partial charge in [0.1, 0.15) is 0 Å². The first-order valence-electron chi connectivity index (χ1n) is 8.15. The molecule has 0 bridgehead atoms. The molecule has 1 aromatic heterocycles. The van der Waals surface area contributed by atoms with E-state index in [0.717, 1.165) is 22.6 Å². The van der Waals surface area contributed by atoms with E-state index in [1.165, 1.54) is 0 Å². The van der Waals surface area contributed by atoms with Crippen LogP contribution in [-0.2, 0) is 18.3 Å². The van der Waals surface area contributed by atoms with Crippen LogP contribution in [0.15, 0.2) is 24.3 Å². The van der Waals surface area contributed by atoms with E-state index in [9.17, 15) is 9.59 Å². The van der Waals surface area contributed by atoms with Gasteiger partial charge in [0, 0.05) is 44.5 Å². The number of carbonyl (C=O) groups is 2. The summed E-state index contributed by atoms with van der Waals surface area (Å²) in [6.45, 7) is 3.91. The van der Waals surface area contributed by atoms with Gasteiger partial charge >= 0.3 is 0 Å². The molecule has 0 aliphatic carbocycles. The van der Waals surface area contributed by atoms with Crippen molar-refractivity contribution < 1.29 is 9.59 Å². The molecule has 0 aliphatic heterocycles. The smallest absolute Gasteiger partial charge is 0.269 e. The molecule has 7 heteroatoms. The topological polar surface area (TPSA) is 79.3 Å². The van der Waals surface area contributed by atoms with Crippen LogP contribution in [0.3, 0.4) is 0 Å². The van der Waals surface area contributed by atoms with Crippen molar-refractivity contribution in [2.45, 2.75) is 26.7 Å². The molecule has 0 saturated heterocycles. The van der Waals surface area contributed by atoms with Crippen molar-refractivity contribution in [2.75, 3.05) is 19.0 Å². The highest BCUT2D eigenvalue weighted by Crippen LogP contribution is 2.14. The van der Waals surface area contributed by atoms with E-state index in [0.29, 0.717) is 12.0 Å². The molecule has 2 aromatic rings. The summed E-state index contributed by atoms with van der Waals surface area (Å²) < 4.78 is 1.81. The third-order valence-corrected chi connectivity index (χ3v) is 4.20. The van der Waals surface area contributed by atoms with Gasteiger partial charge in [-0.1, -0.05) is 6.07 Å². The Bertz CT molecular complexity index is 780. The Morgan fingerprint density at radius 1 is 1.20 bits per heavy atom. The maximum absolute atomic E-state index is 12.2. The third-order valence-electron chi connectivity index (χ3n) is 4.20. The Balaban J connectivity index is 1.87. The second-order valence-electron chi connectivity index (χ2n) is 6.22. The summed E-state index contributed by atoms with van der Waals surface area (Å²) >= 11 is 0. The Hall–Kier alpha value is -2.83. The van der Waals surface area contributed by atoms with Gasteiger partial charge in [0.05, 0.1) is 5.69 Å². The van der Waals surface area contributed by atoms with Crippen LogP contribution in [0.25, 0.3) is 0 Å². The van der Waals surface area contributed by atoms with Gasteiger partial charge in [-0.3, -0.25) is 25.1 Å². The van der Waals surface area contributed by atoms with Crippen LogP contribution in [0.5, 0.6) is 0 Å².